The normalized spacial score (nSPS) is 15.0. The molecule has 2 aromatic rings. The van der Waals surface area contributed by atoms with E-state index >= 15 is 0 Å². The molecule has 1 aliphatic heterocycles. The van der Waals surface area contributed by atoms with Crippen molar-refractivity contribution < 1.29 is 9.94 Å². The fraction of sp³-hybridized carbons (Fsp3) is 0.522. The van der Waals surface area contributed by atoms with Gasteiger partial charge in [-0.15, -0.1) is 0 Å². The number of ether oxygens (including phenoxy) is 1. The molecule has 0 spiro atoms. The summed E-state index contributed by atoms with van der Waals surface area (Å²) in [6.45, 7) is 10.7. The molecule has 0 radical (unpaired) electrons. The van der Waals surface area contributed by atoms with E-state index in [1.807, 2.05) is 37.1 Å². The Morgan fingerprint density at radius 2 is 2.03 bits per heavy atom. The maximum Gasteiger partial charge on any atom is 0.275 e. The van der Waals surface area contributed by atoms with Gasteiger partial charge < -0.3 is 25.3 Å². The van der Waals surface area contributed by atoms with Crippen LogP contribution in [0.2, 0.25) is 0 Å². The molecule has 0 aliphatic carbocycles. The predicted molar refractivity (Wildman–Crippen MR) is 136 cm³/mol. The van der Waals surface area contributed by atoms with E-state index in [0.717, 1.165) is 44.0 Å². The zero-order chi connectivity index (χ0) is 24.7. The second-order valence-electron chi connectivity index (χ2n) is 7.94. The highest BCUT2D eigenvalue weighted by molar-refractivity contribution is 7.96. The molecule has 4 N–H and O–H groups in total. The lowest BCUT2D eigenvalue weighted by atomic mass is 10.1. The summed E-state index contributed by atoms with van der Waals surface area (Å²) in [5.41, 5.74) is 1.16. The molecule has 1 aliphatic rings. The zero-order valence-electron chi connectivity index (χ0n) is 20.3. The Kier molecular flexibility index (Phi) is 9.48. The summed E-state index contributed by atoms with van der Waals surface area (Å²) in [4.78, 5) is 23.4. The number of aromatic amines is 1. The number of hydrogen-bond donors (Lipinski definition) is 4. The maximum atomic E-state index is 12.8. The first-order valence-corrected chi connectivity index (χ1v) is 12.5. The van der Waals surface area contributed by atoms with Gasteiger partial charge in [0.25, 0.3) is 5.56 Å². The van der Waals surface area contributed by atoms with Crippen LogP contribution in [0.4, 0.5) is 5.69 Å². The number of nitrogens with zero attached hydrogens (tertiary/aromatic N) is 4. The Morgan fingerprint density at radius 3 is 2.65 bits per heavy atom. The Balaban J connectivity index is 1.94. The lowest BCUT2D eigenvalue weighted by molar-refractivity contribution is -0.170. The zero-order valence-corrected chi connectivity index (χ0v) is 21.2. The highest BCUT2D eigenvalue weighted by atomic mass is 32.2. The van der Waals surface area contributed by atoms with Crippen molar-refractivity contribution in [2.24, 2.45) is 0 Å². The molecular weight excluding hydrogens is 454 g/mol. The molecule has 3 rings (SSSR count). The van der Waals surface area contributed by atoms with Gasteiger partial charge in [0.15, 0.2) is 0 Å². The van der Waals surface area contributed by atoms with Crippen molar-refractivity contribution in [2.75, 3.05) is 51.7 Å². The van der Waals surface area contributed by atoms with Crippen LogP contribution in [0.1, 0.15) is 39.3 Å². The van der Waals surface area contributed by atoms with E-state index in [9.17, 15) is 10.0 Å². The molecule has 1 aromatic heterocycles. The van der Waals surface area contributed by atoms with E-state index in [4.69, 9.17) is 10.1 Å². The molecular formula is C23H35N7O3S. The number of hydrazine groups is 1. The first kappa shape index (κ1) is 26.2. The van der Waals surface area contributed by atoms with Gasteiger partial charge in [-0.1, -0.05) is 24.8 Å². The quantitative estimate of drug-likeness (QED) is 0.214. The van der Waals surface area contributed by atoms with E-state index in [0.29, 0.717) is 41.6 Å². The van der Waals surface area contributed by atoms with Crippen LogP contribution in [0.15, 0.2) is 27.9 Å². The minimum Gasteiger partial charge on any atom is -0.493 e. The SMILES string of the molecule is CCCC(=N)c1nc(-c2cc(SN(O)N3CCN(CC)CC3)ccc2OCC)[nH]c(=O)c1NC. The smallest absolute Gasteiger partial charge is 0.275 e. The van der Waals surface area contributed by atoms with Crippen molar-refractivity contribution >= 4 is 23.3 Å². The van der Waals surface area contributed by atoms with Gasteiger partial charge >= 0.3 is 0 Å². The third-order valence-electron chi connectivity index (χ3n) is 5.69. The number of nitrogens with one attached hydrogen (secondary N) is 3. The monoisotopic (exact) mass is 489 g/mol. The van der Waals surface area contributed by atoms with Crippen molar-refractivity contribution in [1.29, 1.82) is 5.41 Å². The highest BCUT2D eigenvalue weighted by Crippen LogP contribution is 2.34. The number of anilines is 1. The summed E-state index contributed by atoms with van der Waals surface area (Å²) in [5, 5.41) is 23.8. The van der Waals surface area contributed by atoms with Crippen molar-refractivity contribution in [3.8, 4) is 17.1 Å². The summed E-state index contributed by atoms with van der Waals surface area (Å²) < 4.78 is 6.98. The number of likely N-dealkylation sites (N-methyl/N-ethyl adjacent to an activating group) is 1. The lowest BCUT2D eigenvalue weighted by Crippen LogP contribution is -2.50. The summed E-state index contributed by atoms with van der Waals surface area (Å²) in [5.74, 6) is 0.896. The topological polar surface area (TPSA) is 121 Å². The van der Waals surface area contributed by atoms with Crippen molar-refractivity contribution in [3.05, 3.63) is 34.2 Å². The van der Waals surface area contributed by atoms with Crippen LogP contribution in [0.25, 0.3) is 11.4 Å². The molecule has 34 heavy (non-hydrogen) atoms. The number of benzene rings is 1. The second kappa shape index (κ2) is 12.3. The number of piperazine rings is 1. The Morgan fingerprint density at radius 1 is 1.29 bits per heavy atom. The molecule has 1 fully saturated rings. The fourth-order valence-electron chi connectivity index (χ4n) is 3.83. The molecule has 0 unspecified atom stereocenters. The van der Waals surface area contributed by atoms with Crippen molar-refractivity contribution in [3.63, 3.8) is 0 Å². The van der Waals surface area contributed by atoms with Crippen molar-refractivity contribution in [1.82, 2.24) is 24.5 Å². The van der Waals surface area contributed by atoms with Gasteiger partial charge in [-0.05, 0) is 38.1 Å². The van der Waals surface area contributed by atoms with Crippen LogP contribution < -0.4 is 15.6 Å². The molecule has 2 heterocycles. The molecule has 10 nitrogen and oxygen atoms in total. The van der Waals surface area contributed by atoms with Crippen LogP contribution in [0.5, 0.6) is 5.75 Å². The van der Waals surface area contributed by atoms with Gasteiger partial charge in [-0.25, -0.2) is 9.99 Å². The fourth-order valence-corrected chi connectivity index (χ4v) is 4.60. The first-order valence-electron chi connectivity index (χ1n) is 11.7. The van der Waals surface area contributed by atoms with Crippen LogP contribution in [-0.4, -0.2) is 81.8 Å². The summed E-state index contributed by atoms with van der Waals surface area (Å²) in [6, 6.07) is 5.52. The number of hydrogen-bond acceptors (Lipinski definition) is 10. The van der Waals surface area contributed by atoms with Crippen LogP contribution >= 0.6 is 11.9 Å². The first-order chi connectivity index (χ1) is 16.4. The molecule has 11 heteroatoms. The van der Waals surface area contributed by atoms with Crippen LogP contribution in [0.3, 0.4) is 0 Å². The van der Waals surface area contributed by atoms with Gasteiger partial charge in [-0.3, -0.25) is 10.0 Å². The Bertz CT molecular complexity index is 1040. The van der Waals surface area contributed by atoms with E-state index in [2.05, 4.69) is 27.1 Å². The van der Waals surface area contributed by atoms with Crippen molar-refractivity contribution in [2.45, 2.75) is 38.5 Å². The molecule has 0 atom stereocenters. The average molecular weight is 490 g/mol. The van der Waals surface area contributed by atoms with Crippen LogP contribution in [-0.2, 0) is 0 Å². The summed E-state index contributed by atoms with van der Waals surface area (Å²) >= 11 is 1.19. The van der Waals surface area contributed by atoms with E-state index in [1.165, 1.54) is 16.5 Å². The molecule has 1 saturated heterocycles. The van der Waals surface area contributed by atoms with Gasteiger partial charge in [0.1, 0.15) is 23.0 Å². The third-order valence-corrected chi connectivity index (χ3v) is 6.55. The Labute approximate surface area is 204 Å². The molecule has 186 valence electrons. The minimum absolute atomic E-state index is 0.276. The van der Waals surface area contributed by atoms with E-state index < -0.39 is 0 Å². The highest BCUT2D eigenvalue weighted by Gasteiger charge is 2.22. The summed E-state index contributed by atoms with van der Waals surface area (Å²) in [7, 11) is 1.65. The molecule has 0 amide bonds. The molecule has 0 saturated carbocycles. The molecule has 1 aromatic carbocycles. The predicted octanol–water partition coefficient (Wildman–Crippen LogP) is 3.30. The summed E-state index contributed by atoms with van der Waals surface area (Å²) in [6.07, 6.45) is 1.30. The van der Waals surface area contributed by atoms with Crippen LogP contribution in [0, 0.1) is 5.41 Å². The standard InChI is InChI=1S/C23H35N7O3S/c1-5-8-18(24)20-21(25-4)23(31)27-22(26-20)17-15-16(9-10-19(17)33-7-3)34-30(32)29-13-11-28(6-2)12-14-29/h9-10,15,24-25,32H,5-8,11-14H2,1-4H3,(H,26,27,31). The van der Waals surface area contributed by atoms with E-state index in [1.54, 1.807) is 7.05 Å². The van der Waals surface area contributed by atoms with Gasteiger partial charge in [0.2, 0.25) is 0 Å². The Hall–Kier alpha value is -2.44. The van der Waals surface area contributed by atoms with Gasteiger partial charge in [0, 0.05) is 50.1 Å². The largest absolute Gasteiger partial charge is 0.493 e. The molecule has 0 bridgehead atoms. The minimum atomic E-state index is -0.346. The number of rotatable bonds is 11. The maximum absolute atomic E-state index is 12.8. The number of H-pyrrole nitrogens is 1. The average Bonchev–Trinajstić information content (AvgIpc) is 2.84. The van der Waals surface area contributed by atoms with Gasteiger partial charge in [-0.2, -0.15) is 0 Å². The van der Waals surface area contributed by atoms with Gasteiger partial charge in [0.05, 0.1) is 17.9 Å². The lowest BCUT2D eigenvalue weighted by Gasteiger charge is -2.36. The third kappa shape index (κ3) is 6.16. The van der Waals surface area contributed by atoms with E-state index in [-0.39, 0.29) is 11.2 Å². The second-order valence-corrected chi connectivity index (χ2v) is 8.92. The number of aromatic nitrogens is 2.